The Hall–Kier alpha value is -1.71. The molecule has 1 rings (SSSR count). The van der Waals surface area contributed by atoms with Crippen LogP contribution < -0.4 is 4.74 Å². The van der Waals surface area contributed by atoms with Gasteiger partial charge in [0.1, 0.15) is 5.76 Å². The molecule has 4 nitrogen and oxygen atoms in total. The van der Waals surface area contributed by atoms with Crippen molar-refractivity contribution < 1.29 is 18.7 Å². The van der Waals surface area contributed by atoms with E-state index in [1.807, 2.05) is 0 Å². The quantitative estimate of drug-likeness (QED) is 0.544. The van der Waals surface area contributed by atoms with E-state index >= 15 is 0 Å². The second-order valence-corrected chi connectivity index (χ2v) is 2.45. The number of methoxy groups -OCH3 is 1. The maximum Gasteiger partial charge on any atom is 0.330 e. The van der Waals surface area contributed by atoms with Crippen LogP contribution in [0.25, 0.3) is 6.08 Å². The Kier molecular flexibility index (Phi) is 3.79. The highest BCUT2D eigenvalue weighted by Crippen LogP contribution is 2.16. The molecule has 0 aliphatic rings. The van der Waals surface area contributed by atoms with Gasteiger partial charge in [-0.15, -0.1) is 0 Å². The van der Waals surface area contributed by atoms with Gasteiger partial charge in [0.2, 0.25) is 0 Å². The van der Waals surface area contributed by atoms with E-state index in [4.69, 9.17) is 13.9 Å². The van der Waals surface area contributed by atoms with Crippen LogP contribution in [0.4, 0.5) is 0 Å². The number of carbonyl (C=O) groups excluding carboxylic acids is 1. The van der Waals surface area contributed by atoms with E-state index in [1.54, 1.807) is 19.1 Å². The van der Waals surface area contributed by atoms with Crippen molar-refractivity contribution in [1.82, 2.24) is 0 Å². The summed E-state index contributed by atoms with van der Waals surface area (Å²) in [5.74, 6) is 0.575. The van der Waals surface area contributed by atoms with Gasteiger partial charge in [0.25, 0.3) is 5.95 Å². The number of rotatable bonds is 4. The van der Waals surface area contributed by atoms with Crippen LogP contribution in [-0.2, 0) is 9.53 Å². The minimum Gasteiger partial charge on any atom is -0.468 e. The lowest BCUT2D eigenvalue weighted by molar-refractivity contribution is -0.137. The summed E-state index contributed by atoms with van der Waals surface area (Å²) < 4.78 is 14.7. The van der Waals surface area contributed by atoms with E-state index < -0.39 is 0 Å². The van der Waals surface area contributed by atoms with Crippen molar-refractivity contribution in [2.75, 3.05) is 13.7 Å². The molecule has 0 unspecified atom stereocenters. The highest BCUT2D eigenvalue weighted by atomic mass is 16.6. The van der Waals surface area contributed by atoms with Crippen LogP contribution in [0, 0.1) is 0 Å². The molecule has 0 aromatic carbocycles. The third-order valence-electron chi connectivity index (χ3n) is 1.47. The minimum atomic E-state index is -0.386. The lowest BCUT2D eigenvalue weighted by Crippen LogP contribution is -1.98. The predicted octanol–water partition coefficient (Wildman–Crippen LogP) is 1.86. The Labute approximate surface area is 82.1 Å². The van der Waals surface area contributed by atoms with Gasteiger partial charge >= 0.3 is 5.97 Å². The van der Waals surface area contributed by atoms with Gasteiger partial charge in [-0.1, -0.05) is 0 Å². The molecule has 0 fully saturated rings. The Bertz CT molecular complexity index is 325. The zero-order valence-corrected chi connectivity index (χ0v) is 8.15. The van der Waals surface area contributed by atoms with Crippen LogP contribution in [0.5, 0.6) is 5.95 Å². The van der Waals surface area contributed by atoms with Gasteiger partial charge in [-0.05, 0) is 19.1 Å². The molecule has 1 aromatic heterocycles. The first-order chi connectivity index (χ1) is 6.76. The third-order valence-corrected chi connectivity index (χ3v) is 1.47. The van der Waals surface area contributed by atoms with Crippen molar-refractivity contribution in [1.29, 1.82) is 0 Å². The molecule has 0 aliphatic heterocycles. The largest absolute Gasteiger partial charge is 0.468 e. The van der Waals surface area contributed by atoms with Crippen LogP contribution in [0.3, 0.4) is 0 Å². The minimum absolute atomic E-state index is 0.366. The second kappa shape index (κ2) is 5.11. The normalized spacial score (nSPS) is 10.4. The Morgan fingerprint density at radius 1 is 1.57 bits per heavy atom. The van der Waals surface area contributed by atoms with Gasteiger partial charge in [-0.25, -0.2) is 4.79 Å². The molecule has 76 valence electrons. The monoisotopic (exact) mass is 196 g/mol. The molecular formula is C10H12O4. The Morgan fingerprint density at radius 3 is 2.93 bits per heavy atom. The summed E-state index contributed by atoms with van der Waals surface area (Å²) in [7, 11) is 1.51. The molecule has 0 saturated heterocycles. The number of furan rings is 1. The van der Waals surface area contributed by atoms with Gasteiger partial charge in [0, 0.05) is 12.1 Å². The number of esters is 1. The molecule has 14 heavy (non-hydrogen) atoms. The number of ether oxygens (including phenoxy) is 2. The lowest BCUT2D eigenvalue weighted by atomic mass is 10.4. The fourth-order valence-corrected chi connectivity index (χ4v) is 0.874. The van der Waals surface area contributed by atoms with Gasteiger partial charge in [-0.2, -0.15) is 0 Å². The van der Waals surface area contributed by atoms with Gasteiger partial charge in [0.05, 0.1) is 13.7 Å². The molecule has 0 atom stereocenters. The summed E-state index contributed by atoms with van der Waals surface area (Å²) in [5, 5.41) is 0. The number of hydrogen-bond acceptors (Lipinski definition) is 4. The van der Waals surface area contributed by atoms with Crippen molar-refractivity contribution in [3.8, 4) is 5.95 Å². The lowest BCUT2D eigenvalue weighted by Gasteiger charge is -1.93. The van der Waals surface area contributed by atoms with E-state index in [0.717, 1.165) is 0 Å². The topological polar surface area (TPSA) is 48.7 Å². The SMILES string of the molecule is CCOC(=O)/C=C/c1ccc(OC)o1. The molecule has 0 N–H and O–H groups in total. The average molecular weight is 196 g/mol. The van der Waals surface area contributed by atoms with Gasteiger partial charge in [0.15, 0.2) is 0 Å². The third kappa shape index (κ3) is 2.97. The van der Waals surface area contributed by atoms with Gasteiger partial charge in [-0.3, -0.25) is 0 Å². The van der Waals surface area contributed by atoms with E-state index in [0.29, 0.717) is 18.3 Å². The summed E-state index contributed by atoms with van der Waals surface area (Å²) in [6.07, 6.45) is 2.84. The summed E-state index contributed by atoms with van der Waals surface area (Å²) in [5.41, 5.74) is 0. The maximum absolute atomic E-state index is 10.9. The second-order valence-electron chi connectivity index (χ2n) is 2.45. The summed E-state index contributed by atoms with van der Waals surface area (Å²) in [4.78, 5) is 10.9. The number of hydrogen-bond donors (Lipinski definition) is 0. The molecule has 1 aromatic rings. The standard InChI is InChI=1S/C10H12O4/c1-3-13-9(11)6-4-8-5-7-10(12-2)14-8/h4-7H,3H2,1-2H3/b6-4+. The molecular weight excluding hydrogens is 184 g/mol. The first kappa shape index (κ1) is 10.4. The molecule has 1 heterocycles. The Balaban J connectivity index is 2.55. The summed E-state index contributed by atoms with van der Waals surface area (Å²) in [6, 6.07) is 3.37. The van der Waals surface area contributed by atoms with Gasteiger partial charge < -0.3 is 13.9 Å². The van der Waals surface area contributed by atoms with Crippen molar-refractivity contribution in [2.45, 2.75) is 6.92 Å². The molecule has 0 saturated carbocycles. The maximum atomic E-state index is 10.9. The van der Waals surface area contributed by atoms with E-state index in [9.17, 15) is 4.79 Å². The zero-order chi connectivity index (χ0) is 10.4. The van der Waals surface area contributed by atoms with Crippen LogP contribution >= 0.6 is 0 Å². The summed E-state index contributed by atoms with van der Waals surface area (Å²) >= 11 is 0. The smallest absolute Gasteiger partial charge is 0.330 e. The molecule has 0 amide bonds. The Morgan fingerprint density at radius 2 is 2.36 bits per heavy atom. The van der Waals surface area contributed by atoms with Crippen LogP contribution in [0.15, 0.2) is 22.6 Å². The van der Waals surface area contributed by atoms with Crippen molar-refractivity contribution >= 4 is 12.0 Å². The highest BCUT2D eigenvalue weighted by Gasteiger charge is 1.99. The van der Waals surface area contributed by atoms with Crippen LogP contribution in [0.2, 0.25) is 0 Å². The van der Waals surface area contributed by atoms with Crippen LogP contribution in [-0.4, -0.2) is 19.7 Å². The fraction of sp³-hybridized carbons (Fsp3) is 0.300. The molecule has 0 bridgehead atoms. The van der Waals surface area contributed by atoms with E-state index in [1.165, 1.54) is 19.3 Å². The molecule has 0 aliphatic carbocycles. The van der Waals surface area contributed by atoms with Crippen molar-refractivity contribution in [3.63, 3.8) is 0 Å². The van der Waals surface area contributed by atoms with Crippen LogP contribution in [0.1, 0.15) is 12.7 Å². The van der Waals surface area contributed by atoms with E-state index in [-0.39, 0.29) is 5.97 Å². The first-order valence-electron chi connectivity index (χ1n) is 4.25. The fourth-order valence-electron chi connectivity index (χ4n) is 0.874. The molecule has 0 spiro atoms. The highest BCUT2D eigenvalue weighted by molar-refractivity contribution is 5.86. The average Bonchev–Trinajstić information content (AvgIpc) is 2.63. The van der Waals surface area contributed by atoms with E-state index in [2.05, 4.69) is 0 Å². The van der Waals surface area contributed by atoms with Crippen molar-refractivity contribution in [2.24, 2.45) is 0 Å². The number of carbonyl (C=O) groups is 1. The van der Waals surface area contributed by atoms with Crippen molar-refractivity contribution in [3.05, 3.63) is 24.0 Å². The molecule has 0 radical (unpaired) electrons. The molecule has 4 heteroatoms. The first-order valence-corrected chi connectivity index (χ1v) is 4.25. The summed E-state index contributed by atoms with van der Waals surface area (Å²) in [6.45, 7) is 2.12. The zero-order valence-electron chi connectivity index (χ0n) is 8.15. The predicted molar refractivity (Wildman–Crippen MR) is 50.9 cm³/mol.